The first-order chi connectivity index (χ1) is 11.7. The first-order valence-electron chi connectivity index (χ1n) is 7.94. The van der Waals surface area contributed by atoms with Gasteiger partial charge in [-0.15, -0.1) is 0 Å². The lowest BCUT2D eigenvalue weighted by atomic mass is 10.2. The zero-order chi connectivity index (χ0) is 19.3. The van der Waals surface area contributed by atoms with Crippen LogP contribution >= 0.6 is 7.82 Å². The van der Waals surface area contributed by atoms with E-state index in [1.807, 2.05) is 6.92 Å². The first kappa shape index (κ1) is 24.0. The van der Waals surface area contributed by atoms with Crippen LogP contribution in [0.25, 0.3) is 0 Å². The maximum atomic E-state index is 11.7. The molecule has 3 unspecified atom stereocenters. The highest BCUT2D eigenvalue weighted by Gasteiger charge is 2.27. The second kappa shape index (κ2) is 13.2. The van der Waals surface area contributed by atoms with Crippen molar-refractivity contribution in [1.82, 2.24) is 0 Å². The van der Waals surface area contributed by atoms with Gasteiger partial charge in [0, 0.05) is 13.3 Å². The SMILES string of the molecule is CCCCCC(=O)OC(CO)COP(=O)(O)OCC(CO)OC(C)=O. The number of unbranched alkanes of at least 4 members (excludes halogenated alkanes) is 2. The zero-order valence-corrected chi connectivity index (χ0v) is 15.4. The highest BCUT2D eigenvalue weighted by Crippen LogP contribution is 2.43. The molecule has 0 aromatic carbocycles. The Morgan fingerprint density at radius 2 is 1.52 bits per heavy atom. The van der Waals surface area contributed by atoms with Gasteiger partial charge < -0.3 is 24.6 Å². The normalized spacial score (nSPS) is 15.9. The molecule has 0 rings (SSSR count). The van der Waals surface area contributed by atoms with Crippen molar-refractivity contribution in [2.45, 2.75) is 51.7 Å². The summed E-state index contributed by atoms with van der Waals surface area (Å²) in [5.74, 6) is -1.23. The number of carbonyl (C=O) groups is 2. The molecule has 0 heterocycles. The van der Waals surface area contributed by atoms with Gasteiger partial charge in [-0.1, -0.05) is 19.8 Å². The van der Waals surface area contributed by atoms with Crippen LogP contribution in [0.2, 0.25) is 0 Å². The molecule has 3 atom stereocenters. The molecule has 0 fully saturated rings. The van der Waals surface area contributed by atoms with Crippen molar-refractivity contribution in [2.24, 2.45) is 0 Å². The Morgan fingerprint density at radius 3 is 1.96 bits per heavy atom. The summed E-state index contributed by atoms with van der Waals surface area (Å²) in [5, 5.41) is 18.1. The predicted octanol–water partition coefficient (Wildman–Crippen LogP) is 0.528. The monoisotopic (exact) mass is 386 g/mol. The molecule has 10 nitrogen and oxygen atoms in total. The van der Waals surface area contributed by atoms with Crippen molar-refractivity contribution in [3.05, 3.63) is 0 Å². The molecule has 0 saturated carbocycles. The number of esters is 2. The Bertz CT molecular complexity index is 441. The van der Waals surface area contributed by atoms with Crippen LogP contribution in [0.3, 0.4) is 0 Å². The lowest BCUT2D eigenvalue weighted by molar-refractivity contribution is -0.153. The van der Waals surface area contributed by atoms with Gasteiger partial charge in [0.1, 0.15) is 12.2 Å². The fraction of sp³-hybridized carbons (Fsp3) is 0.857. The highest BCUT2D eigenvalue weighted by molar-refractivity contribution is 7.47. The average Bonchev–Trinajstić information content (AvgIpc) is 2.55. The van der Waals surface area contributed by atoms with Gasteiger partial charge in [-0.3, -0.25) is 18.6 Å². The van der Waals surface area contributed by atoms with Crippen molar-refractivity contribution in [1.29, 1.82) is 0 Å². The maximum absolute atomic E-state index is 11.7. The van der Waals surface area contributed by atoms with Crippen molar-refractivity contribution in [2.75, 3.05) is 26.4 Å². The molecule has 0 aromatic rings. The molecular weight excluding hydrogens is 359 g/mol. The number of hydrogen-bond donors (Lipinski definition) is 3. The number of hydrogen-bond acceptors (Lipinski definition) is 9. The van der Waals surface area contributed by atoms with E-state index in [0.717, 1.165) is 19.8 Å². The number of ether oxygens (including phenoxy) is 2. The minimum atomic E-state index is -4.54. The van der Waals surface area contributed by atoms with Gasteiger partial charge in [-0.2, -0.15) is 0 Å². The molecule has 0 saturated heterocycles. The maximum Gasteiger partial charge on any atom is 0.472 e. The molecule has 0 amide bonds. The largest absolute Gasteiger partial charge is 0.472 e. The second-order valence-corrected chi connectivity index (χ2v) is 6.68. The summed E-state index contributed by atoms with van der Waals surface area (Å²) in [6, 6.07) is 0. The Hall–Kier alpha value is -1.03. The van der Waals surface area contributed by atoms with Crippen LogP contribution < -0.4 is 0 Å². The highest BCUT2D eigenvalue weighted by atomic mass is 31.2. The number of carbonyl (C=O) groups excluding carboxylic acids is 2. The van der Waals surface area contributed by atoms with Crippen LogP contribution in [0.4, 0.5) is 0 Å². The lowest BCUT2D eigenvalue weighted by Crippen LogP contribution is -2.28. The van der Waals surface area contributed by atoms with Crippen molar-refractivity contribution < 1.29 is 47.8 Å². The molecule has 0 aliphatic rings. The molecule has 0 bridgehead atoms. The van der Waals surface area contributed by atoms with Crippen LogP contribution in [0.15, 0.2) is 0 Å². The molecular formula is C14H27O10P. The summed E-state index contributed by atoms with van der Waals surface area (Å²) in [6.07, 6.45) is 0.399. The Morgan fingerprint density at radius 1 is 1.00 bits per heavy atom. The molecule has 11 heteroatoms. The first-order valence-corrected chi connectivity index (χ1v) is 9.43. The van der Waals surface area contributed by atoms with E-state index in [4.69, 9.17) is 14.9 Å². The van der Waals surface area contributed by atoms with Crippen LogP contribution in [-0.2, 0) is 32.7 Å². The smallest absolute Gasteiger partial charge is 0.458 e. The van der Waals surface area contributed by atoms with Crippen molar-refractivity contribution >= 4 is 19.8 Å². The third kappa shape index (κ3) is 12.9. The fourth-order valence-corrected chi connectivity index (χ4v) is 2.42. The van der Waals surface area contributed by atoms with Crippen molar-refractivity contribution in [3.63, 3.8) is 0 Å². The van der Waals surface area contributed by atoms with Gasteiger partial charge in [0.25, 0.3) is 0 Å². The van der Waals surface area contributed by atoms with Crippen molar-refractivity contribution in [3.8, 4) is 0 Å². The summed E-state index contributed by atoms with van der Waals surface area (Å²) in [4.78, 5) is 31.8. The van der Waals surface area contributed by atoms with E-state index in [1.165, 1.54) is 0 Å². The van der Waals surface area contributed by atoms with Gasteiger partial charge in [0.2, 0.25) is 0 Å². The zero-order valence-electron chi connectivity index (χ0n) is 14.5. The number of rotatable bonds is 14. The van der Waals surface area contributed by atoms with Gasteiger partial charge >= 0.3 is 19.8 Å². The molecule has 25 heavy (non-hydrogen) atoms. The van der Waals surface area contributed by atoms with E-state index < -0.39 is 58.4 Å². The number of aliphatic hydroxyl groups excluding tert-OH is 2. The number of phosphoric acid groups is 1. The van der Waals surface area contributed by atoms with E-state index in [-0.39, 0.29) is 6.42 Å². The Kier molecular flexibility index (Phi) is 12.7. The predicted molar refractivity (Wildman–Crippen MR) is 85.5 cm³/mol. The van der Waals surface area contributed by atoms with Gasteiger partial charge in [0.05, 0.1) is 26.4 Å². The van der Waals surface area contributed by atoms with Crippen LogP contribution in [0.5, 0.6) is 0 Å². The standard InChI is InChI=1S/C14H27O10P/c1-3-4-5-6-14(18)24-13(8-16)10-22-25(19,20)21-9-12(7-15)23-11(2)17/h12-13,15-16H,3-10H2,1-2H3,(H,19,20). The minimum absolute atomic E-state index is 0.179. The Balaban J connectivity index is 4.27. The minimum Gasteiger partial charge on any atom is -0.458 e. The van der Waals surface area contributed by atoms with E-state index in [0.29, 0.717) is 6.42 Å². The van der Waals surface area contributed by atoms with E-state index in [9.17, 15) is 19.0 Å². The van der Waals surface area contributed by atoms with E-state index >= 15 is 0 Å². The third-order valence-electron chi connectivity index (χ3n) is 2.87. The third-order valence-corrected chi connectivity index (χ3v) is 3.82. The molecule has 148 valence electrons. The lowest BCUT2D eigenvalue weighted by Gasteiger charge is -2.19. The van der Waals surface area contributed by atoms with Gasteiger partial charge in [-0.25, -0.2) is 4.57 Å². The number of aliphatic hydroxyl groups is 2. The summed E-state index contributed by atoms with van der Waals surface area (Å²) >= 11 is 0. The summed E-state index contributed by atoms with van der Waals surface area (Å²) < 4.78 is 30.5. The summed E-state index contributed by atoms with van der Waals surface area (Å²) in [7, 11) is -4.54. The van der Waals surface area contributed by atoms with Gasteiger partial charge in [-0.05, 0) is 6.42 Å². The van der Waals surface area contributed by atoms with Crippen LogP contribution in [0.1, 0.15) is 39.5 Å². The van der Waals surface area contributed by atoms with Crippen LogP contribution in [-0.4, -0.2) is 65.7 Å². The summed E-state index contributed by atoms with van der Waals surface area (Å²) in [5.41, 5.74) is 0. The van der Waals surface area contributed by atoms with E-state index in [1.54, 1.807) is 0 Å². The second-order valence-electron chi connectivity index (χ2n) is 5.23. The topological polar surface area (TPSA) is 149 Å². The molecule has 0 radical (unpaired) electrons. The quantitative estimate of drug-likeness (QED) is 0.219. The number of phosphoric ester groups is 1. The average molecular weight is 386 g/mol. The molecule has 0 aliphatic heterocycles. The Labute approximate surface area is 146 Å². The summed E-state index contributed by atoms with van der Waals surface area (Å²) in [6.45, 7) is 0.780. The fourth-order valence-electron chi connectivity index (χ4n) is 1.64. The van der Waals surface area contributed by atoms with E-state index in [2.05, 4.69) is 13.8 Å². The molecule has 3 N–H and O–H groups in total. The molecule has 0 aliphatic carbocycles. The van der Waals surface area contributed by atoms with Crippen LogP contribution in [0, 0.1) is 0 Å². The van der Waals surface area contributed by atoms with Gasteiger partial charge in [0.15, 0.2) is 0 Å². The molecule has 0 spiro atoms. The molecule has 0 aromatic heterocycles.